The van der Waals surface area contributed by atoms with Gasteiger partial charge in [0, 0.05) is 92.2 Å². The van der Waals surface area contributed by atoms with Gasteiger partial charge in [-0.1, -0.05) is 136 Å². The maximum atomic E-state index is 15.0. The number of amides is 2. The molecule has 0 saturated carbocycles. The summed E-state index contributed by atoms with van der Waals surface area (Å²) in [6.07, 6.45) is -7.57. The Morgan fingerprint density at radius 1 is 0.531 bits per heavy atom. The quantitative estimate of drug-likeness (QED) is 0.0295. The molecule has 0 unspecified atom stereocenters. The number of hydrogen-bond donors (Lipinski definition) is 0. The molecule has 0 radical (unpaired) electrons. The zero-order chi connectivity index (χ0) is 90.2. The zero-order valence-electron chi connectivity index (χ0n) is 76.6. The van der Waals surface area contributed by atoms with Gasteiger partial charge in [-0.3, -0.25) is 19.2 Å². The summed E-state index contributed by atoms with van der Waals surface area (Å²) in [7, 11) is 0. The number of aromatic nitrogens is 4. The molecular weight excluding hydrogens is 1280 g/mol. The number of fused-ring (bicyclic) bond motifs is 2. The van der Waals surface area contributed by atoms with Crippen LogP contribution in [0, 0.1) is 25.5 Å². The summed E-state index contributed by atoms with van der Waals surface area (Å²) in [5.74, 6) is -3.67. The van der Waals surface area contributed by atoms with Crippen molar-refractivity contribution in [3.05, 3.63) is 233 Å². The first-order valence-corrected chi connectivity index (χ1v) is 31.4. The Kier molecular flexibility index (Phi) is 15.9. The van der Waals surface area contributed by atoms with Gasteiger partial charge in [-0.25, -0.2) is 8.78 Å². The van der Waals surface area contributed by atoms with Crippen LogP contribution in [0.15, 0.2) is 153 Å². The van der Waals surface area contributed by atoms with Crippen molar-refractivity contribution in [3.63, 3.8) is 0 Å². The van der Waals surface area contributed by atoms with Crippen LogP contribution in [0.1, 0.15) is 140 Å². The summed E-state index contributed by atoms with van der Waals surface area (Å²) in [6, 6.07) is 11.9. The molecule has 2 aromatic heterocycles. The van der Waals surface area contributed by atoms with Gasteiger partial charge in [0.25, 0.3) is 11.1 Å². The van der Waals surface area contributed by atoms with Gasteiger partial charge in [-0.15, -0.1) is 0 Å². The van der Waals surface area contributed by atoms with Crippen molar-refractivity contribution in [3.8, 4) is 22.3 Å². The molecule has 0 spiro atoms. The molecule has 508 valence electrons. The summed E-state index contributed by atoms with van der Waals surface area (Å²) in [5.41, 5.74) is -9.21. The second kappa shape index (κ2) is 32.9. The molecule has 2 aliphatic rings. The monoisotopic (exact) mass is 1380 g/mol. The van der Waals surface area contributed by atoms with E-state index >= 15 is 4.79 Å². The topological polar surface area (TPSA) is 117 Å². The Morgan fingerprint density at radius 2 is 0.948 bits per heavy atom. The van der Waals surface area contributed by atoms with E-state index in [2.05, 4.69) is 9.97 Å². The lowest BCUT2D eigenvalue weighted by molar-refractivity contribution is -0.138. The number of carbonyl (C=O) groups excluding carboxylic acids is 2. The van der Waals surface area contributed by atoms with Crippen LogP contribution in [0.2, 0.25) is 0 Å². The third-order valence-corrected chi connectivity index (χ3v) is 17.0. The molecule has 0 N–H and O–H groups in total. The van der Waals surface area contributed by atoms with Gasteiger partial charge in [0.15, 0.2) is 10.3 Å². The largest absolute Gasteiger partial charge is 0.416 e. The highest BCUT2D eigenvalue weighted by Crippen LogP contribution is 2.35. The number of benzene rings is 6. The third-order valence-electron chi connectivity index (χ3n) is 15.3. The third kappa shape index (κ3) is 18.8. The van der Waals surface area contributed by atoms with Gasteiger partial charge in [-0.2, -0.15) is 36.3 Å². The Bertz CT molecular complexity index is 5250. The fraction of sp³-hybridized carbons (Fsp3) is 0.378. The summed E-state index contributed by atoms with van der Waals surface area (Å²) in [6.45, 7) is -19.2. The van der Waals surface area contributed by atoms with E-state index in [-0.39, 0.29) is 109 Å². The zero-order valence-corrected chi connectivity index (χ0v) is 54.2. The summed E-state index contributed by atoms with van der Waals surface area (Å²) >= 11 is 0.833. The van der Waals surface area contributed by atoms with Gasteiger partial charge in [-0.05, 0) is 183 Å². The van der Waals surface area contributed by atoms with Crippen LogP contribution < -0.4 is 11.1 Å². The van der Waals surface area contributed by atoms with Crippen LogP contribution >= 0.6 is 23.5 Å². The lowest BCUT2D eigenvalue weighted by Gasteiger charge is -2.28. The molecule has 6 aromatic carbocycles. The van der Waals surface area contributed by atoms with Crippen LogP contribution in [-0.4, -0.2) is 103 Å². The summed E-state index contributed by atoms with van der Waals surface area (Å²) in [5, 5.41) is -0.635. The first-order chi connectivity index (χ1) is 54.9. The molecule has 10 rings (SSSR count). The number of likely N-dealkylation sites (N-methyl/N-ethyl adjacent to an activating group) is 2. The molecule has 96 heavy (non-hydrogen) atoms. The highest BCUT2D eigenvalue weighted by molar-refractivity contribution is 7.98. The molecule has 22 heteroatoms. The van der Waals surface area contributed by atoms with Gasteiger partial charge in [0.2, 0.25) is 11.8 Å². The van der Waals surface area contributed by atoms with Crippen molar-refractivity contribution < 1.29 is 77.6 Å². The van der Waals surface area contributed by atoms with Gasteiger partial charge in [0.05, 0.1) is 24.8 Å². The van der Waals surface area contributed by atoms with Crippen molar-refractivity contribution in [2.45, 2.75) is 140 Å². The van der Waals surface area contributed by atoms with E-state index in [0.29, 0.717) is 74.7 Å². The van der Waals surface area contributed by atoms with Gasteiger partial charge < -0.3 is 28.7 Å². The maximum absolute atomic E-state index is 15.0. The van der Waals surface area contributed by atoms with E-state index in [0.717, 1.165) is 103 Å². The Morgan fingerprint density at radius 3 is 1.38 bits per heavy atom. The van der Waals surface area contributed by atoms with Gasteiger partial charge >= 0.3 is 12.4 Å². The number of thioether (sulfide) groups is 2. The Hall–Kier alpha value is -7.92. The number of alkyl halides is 6. The van der Waals surface area contributed by atoms with Crippen molar-refractivity contribution >= 4 is 35.3 Å². The van der Waals surface area contributed by atoms with Crippen LogP contribution in [0.5, 0.6) is 0 Å². The number of carbonyl (C=O) groups is 2. The minimum absolute atomic E-state index is 0.0464. The van der Waals surface area contributed by atoms with Gasteiger partial charge in [0.1, 0.15) is 24.7 Å². The highest BCUT2D eigenvalue weighted by Gasteiger charge is 2.32. The van der Waals surface area contributed by atoms with E-state index in [9.17, 15) is 55.0 Å². The average molecular weight is 1390 g/mol. The molecule has 2 heterocycles. The lowest BCUT2D eigenvalue weighted by atomic mass is 9.98. The second-order valence-corrected chi connectivity index (χ2v) is 23.1. The minimum Gasteiger partial charge on any atom is -0.336 e. The summed E-state index contributed by atoms with van der Waals surface area (Å²) in [4.78, 5) is 65.6. The number of halogens is 8. The molecule has 0 fully saturated rings. The molecule has 0 bridgehead atoms. The Balaban J connectivity index is 0.000000274. The molecule has 0 aliphatic heterocycles. The molecule has 0 saturated heterocycles. The van der Waals surface area contributed by atoms with E-state index in [1.54, 1.807) is 0 Å². The smallest absolute Gasteiger partial charge is 0.336 e. The van der Waals surface area contributed by atoms with E-state index in [1.807, 2.05) is 0 Å². The predicted octanol–water partition coefficient (Wildman–Crippen LogP) is 15.1. The fourth-order valence-electron chi connectivity index (χ4n) is 10.2. The van der Waals surface area contributed by atoms with Crippen molar-refractivity contribution in [1.82, 2.24) is 38.7 Å². The van der Waals surface area contributed by atoms with Crippen LogP contribution in [0.3, 0.4) is 0 Å². The minimum atomic E-state index is -4.76. The van der Waals surface area contributed by atoms with Crippen LogP contribution in [-0.2, 0) is 85.2 Å². The predicted molar refractivity (Wildman–Crippen MR) is 363 cm³/mol. The van der Waals surface area contributed by atoms with E-state index in [4.69, 9.17) is 27.4 Å². The fourth-order valence-corrected chi connectivity index (χ4v) is 11.7. The molecule has 12 nitrogen and oxygen atoms in total. The first kappa shape index (κ1) is 46.3. The van der Waals surface area contributed by atoms with E-state index in [1.165, 1.54) is 28.5 Å². The average Bonchev–Trinajstić information content (AvgIpc) is 0.827. The maximum Gasteiger partial charge on any atom is 0.416 e. The lowest BCUT2D eigenvalue weighted by Crippen LogP contribution is -2.40. The molecule has 2 aliphatic carbocycles. The van der Waals surface area contributed by atoms with Crippen LogP contribution in [0.4, 0.5) is 35.1 Å². The SMILES string of the molecule is [2H]c1c([2H])c(-c2ccc(C(F)(F)F)cc2)c([2H])c(C)c1CN(CCN(C([2H])([2H])C)C([2H])([2H])C)C(=O)Cn1c(SC([2H])([2H])c2ccc(F)cc2)nc(=O)c2c1CCC2.[2H]c1c([2H])c(C([2H])([2H])N(C(=O)Cn2c(SC([2H])([2H])c3ccc(F)cc3)nc(=O)c3c2CCC3)C([2H])([2H])C([2H])([2H])N(C([2H])([2H])C)C([2H])([2H])C)c(C)c([2H])c1-c1ccc(C(F)(F)F)cc1. The van der Waals surface area contributed by atoms with Crippen molar-refractivity contribution in [2.75, 3.05) is 52.1 Å². The van der Waals surface area contributed by atoms with E-state index < -0.39 is 187 Å². The normalized spacial score (nSPS) is 17.8. The second-order valence-electron chi connectivity index (χ2n) is 21.6. The molecular formula is C74H80F8N8O4S2. The molecule has 0 atom stereocenters. The van der Waals surface area contributed by atoms with Crippen molar-refractivity contribution in [2.24, 2.45) is 0 Å². The first-order valence-electron chi connectivity index (χ1n) is 41.8. The standard InChI is InChI=1S/2C37H40F4N4O2S/c2*1-4-43(5-2)19-20-44(22-29-12-11-28(21-25(29)3)27-13-15-30(16-14-27)37(39,40)41)34(46)23-45-33-8-6-7-32(33)35(47)42-36(45)48-24-26-9-17-31(38)18-10-26/h2*9-18,21H,4-8,19-20,22-24H2,1-3H3/i4D2,5D2,11D,12D,19D2,20D2,21D,22D2,24D2;4D2,5D2,11D,12D,21D,24D2. The molecule has 8 aromatic rings. The van der Waals surface area contributed by atoms with Crippen molar-refractivity contribution in [1.29, 1.82) is 0 Å². The number of hydrogen-bond acceptors (Lipinski definition) is 10. The number of nitrogens with zero attached hydrogens (tertiary/aromatic N) is 8. The molecule has 2 amide bonds. The highest BCUT2D eigenvalue weighted by atomic mass is 32.2. The Labute approximate surface area is 597 Å². The van der Waals surface area contributed by atoms with Crippen LogP contribution in [0.25, 0.3) is 22.3 Å². The number of rotatable bonds is 26. The summed E-state index contributed by atoms with van der Waals surface area (Å²) < 4.78 is 320.